The van der Waals surface area contributed by atoms with Crippen LogP contribution in [0.4, 0.5) is 6.01 Å². The minimum Gasteiger partial charge on any atom is -0.403 e. The minimum absolute atomic E-state index is 0.0766. The second-order valence-corrected chi connectivity index (χ2v) is 5.46. The van der Waals surface area contributed by atoms with Gasteiger partial charge in [0.25, 0.3) is 5.91 Å². The van der Waals surface area contributed by atoms with Gasteiger partial charge in [0.15, 0.2) is 0 Å². The van der Waals surface area contributed by atoms with Crippen LogP contribution in [0.2, 0.25) is 0 Å². The fourth-order valence-corrected chi connectivity index (χ4v) is 2.32. The maximum absolute atomic E-state index is 11.9. The quantitative estimate of drug-likeness (QED) is 0.738. The number of amides is 1. The number of nitrogens with zero attached hydrogens (tertiary/aromatic N) is 2. The number of hydrogen-bond donors (Lipinski definition) is 1. The van der Waals surface area contributed by atoms with Crippen LogP contribution >= 0.6 is 0 Å². The molecule has 0 radical (unpaired) electrons. The molecular formula is C19H17N3O2. The van der Waals surface area contributed by atoms with E-state index in [4.69, 9.17) is 4.42 Å². The van der Waals surface area contributed by atoms with Crippen molar-refractivity contribution in [3.63, 3.8) is 0 Å². The van der Waals surface area contributed by atoms with Crippen molar-refractivity contribution < 1.29 is 9.21 Å². The molecule has 0 bridgehead atoms. The number of nitrogens with one attached hydrogen (secondary N) is 1. The molecule has 24 heavy (non-hydrogen) atoms. The molecule has 2 aromatic carbocycles. The molecule has 3 rings (SSSR count). The molecule has 1 N–H and O–H groups in total. The molecular weight excluding hydrogens is 302 g/mol. The SMILES string of the molecule is Cc1ccc(-c2nnc(NC(=O)C=Cc3ccccc3)o2)c(C)c1. The Kier molecular flexibility index (Phi) is 4.52. The van der Waals surface area contributed by atoms with Crippen LogP contribution in [0, 0.1) is 13.8 Å². The zero-order valence-electron chi connectivity index (χ0n) is 13.5. The van der Waals surface area contributed by atoms with E-state index in [-0.39, 0.29) is 11.9 Å². The van der Waals surface area contributed by atoms with Crippen LogP contribution in [0.5, 0.6) is 0 Å². The van der Waals surface area contributed by atoms with Crippen molar-refractivity contribution in [2.45, 2.75) is 13.8 Å². The molecule has 1 aromatic heterocycles. The normalized spacial score (nSPS) is 10.9. The third-order valence-corrected chi connectivity index (χ3v) is 3.49. The molecule has 0 aliphatic rings. The zero-order chi connectivity index (χ0) is 16.9. The number of rotatable bonds is 4. The molecule has 0 aliphatic heterocycles. The summed E-state index contributed by atoms with van der Waals surface area (Å²) in [6.07, 6.45) is 3.15. The Hall–Kier alpha value is -3.21. The van der Waals surface area contributed by atoms with Gasteiger partial charge in [-0.15, -0.1) is 5.10 Å². The summed E-state index contributed by atoms with van der Waals surface area (Å²) in [4.78, 5) is 11.9. The van der Waals surface area contributed by atoms with Crippen molar-refractivity contribution in [2.24, 2.45) is 0 Å². The van der Waals surface area contributed by atoms with E-state index in [1.165, 1.54) is 6.08 Å². The lowest BCUT2D eigenvalue weighted by atomic mass is 10.1. The number of aromatic nitrogens is 2. The Balaban J connectivity index is 1.70. The Labute approximate surface area is 140 Å². The molecule has 0 unspecified atom stereocenters. The van der Waals surface area contributed by atoms with Gasteiger partial charge in [-0.2, -0.15) is 0 Å². The van der Waals surface area contributed by atoms with Gasteiger partial charge in [0, 0.05) is 11.6 Å². The molecule has 1 heterocycles. The summed E-state index contributed by atoms with van der Waals surface area (Å²) in [7, 11) is 0. The Morgan fingerprint density at radius 2 is 1.88 bits per heavy atom. The van der Waals surface area contributed by atoms with Crippen molar-refractivity contribution >= 4 is 18.0 Å². The first-order chi connectivity index (χ1) is 11.6. The van der Waals surface area contributed by atoms with Crippen molar-refractivity contribution in [1.82, 2.24) is 10.2 Å². The summed E-state index contributed by atoms with van der Waals surface area (Å²) in [6, 6.07) is 15.6. The van der Waals surface area contributed by atoms with Crippen molar-refractivity contribution in [1.29, 1.82) is 0 Å². The highest BCUT2D eigenvalue weighted by atomic mass is 16.4. The van der Waals surface area contributed by atoms with E-state index in [2.05, 4.69) is 15.5 Å². The van der Waals surface area contributed by atoms with Crippen LogP contribution in [0.15, 0.2) is 59.0 Å². The van der Waals surface area contributed by atoms with E-state index in [9.17, 15) is 4.79 Å². The highest BCUT2D eigenvalue weighted by Crippen LogP contribution is 2.24. The number of carbonyl (C=O) groups excluding carboxylic acids is 1. The van der Waals surface area contributed by atoms with Crippen molar-refractivity contribution in [2.75, 3.05) is 5.32 Å². The van der Waals surface area contributed by atoms with Crippen LogP contribution < -0.4 is 5.32 Å². The first kappa shape index (κ1) is 15.7. The average Bonchev–Trinajstić information content (AvgIpc) is 3.02. The van der Waals surface area contributed by atoms with Gasteiger partial charge in [-0.3, -0.25) is 10.1 Å². The van der Waals surface area contributed by atoms with E-state index in [1.807, 2.05) is 62.4 Å². The highest BCUT2D eigenvalue weighted by Gasteiger charge is 2.12. The summed E-state index contributed by atoms with van der Waals surface area (Å²) in [5.41, 5.74) is 4.00. The summed E-state index contributed by atoms with van der Waals surface area (Å²) < 4.78 is 5.53. The lowest BCUT2D eigenvalue weighted by Gasteiger charge is -2.01. The molecule has 5 nitrogen and oxygen atoms in total. The van der Waals surface area contributed by atoms with Crippen LogP contribution in [0.25, 0.3) is 17.5 Å². The number of carbonyl (C=O) groups is 1. The largest absolute Gasteiger partial charge is 0.403 e. The number of anilines is 1. The maximum Gasteiger partial charge on any atom is 0.322 e. The van der Waals surface area contributed by atoms with Crippen LogP contribution in [0.1, 0.15) is 16.7 Å². The van der Waals surface area contributed by atoms with Gasteiger partial charge < -0.3 is 4.42 Å². The number of hydrogen-bond acceptors (Lipinski definition) is 4. The lowest BCUT2D eigenvalue weighted by molar-refractivity contribution is -0.112. The molecule has 0 spiro atoms. The smallest absolute Gasteiger partial charge is 0.322 e. The third kappa shape index (κ3) is 3.76. The Morgan fingerprint density at radius 1 is 1.08 bits per heavy atom. The van der Waals surface area contributed by atoms with Gasteiger partial charge in [0.2, 0.25) is 5.89 Å². The molecule has 0 saturated heterocycles. The van der Waals surface area contributed by atoms with E-state index in [0.29, 0.717) is 5.89 Å². The van der Waals surface area contributed by atoms with Gasteiger partial charge in [-0.25, -0.2) is 0 Å². The van der Waals surface area contributed by atoms with Crippen LogP contribution in [-0.2, 0) is 4.79 Å². The van der Waals surface area contributed by atoms with Gasteiger partial charge >= 0.3 is 6.01 Å². The van der Waals surface area contributed by atoms with E-state index in [0.717, 1.165) is 22.3 Å². The molecule has 5 heteroatoms. The summed E-state index contributed by atoms with van der Waals surface area (Å²) >= 11 is 0. The van der Waals surface area contributed by atoms with Gasteiger partial charge in [0.1, 0.15) is 0 Å². The highest BCUT2D eigenvalue weighted by molar-refractivity contribution is 6.00. The molecule has 3 aromatic rings. The van der Waals surface area contributed by atoms with Crippen molar-refractivity contribution in [3.05, 3.63) is 71.3 Å². The maximum atomic E-state index is 11.9. The molecule has 0 aliphatic carbocycles. The molecule has 120 valence electrons. The molecule has 0 saturated carbocycles. The van der Waals surface area contributed by atoms with E-state index >= 15 is 0 Å². The third-order valence-electron chi connectivity index (χ3n) is 3.49. The van der Waals surface area contributed by atoms with E-state index in [1.54, 1.807) is 6.08 Å². The minimum atomic E-state index is -0.324. The van der Waals surface area contributed by atoms with Gasteiger partial charge in [0.05, 0.1) is 0 Å². The average molecular weight is 319 g/mol. The molecule has 0 atom stereocenters. The fourth-order valence-electron chi connectivity index (χ4n) is 2.32. The lowest BCUT2D eigenvalue weighted by Crippen LogP contribution is -2.07. The predicted molar refractivity (Wildman–Crippen MR) is 93.3 cm³/mol. The number of aryl methyl sites for hydroxylation is 2. The molecule has 1 amide bonds. The summed E-state index contributed by atoms with van der Waals surface area (Å²) in [5.74, 6) is 0.0597. The Bertz CT molecular complexity index is 883. The van der Waals surface area contributed by atoms with Gasteiger partial charge in [-0.1, -0.05) is 53.1 Å². The standard InChI is InChI=1S/C19H17N3O2/c1-13-8-10-16(14(2)12-13)18-21-22-19(24-18)20-17(23)11-9-15-6-4-3-5-7-15/h3-12H,1-2H3,(H,20,22,23). The monoisotopic (exact) mass is 319 g/mol. The van der Waals surface area contributed by atoms with Crippen molar-refractivity contribution in [3.8, 4) is 11.5 Å². The fraction of sp³-hybridized carbons (Fsp3) is 0.105. The second-order valence-electron chi connectivity index (χ2n) is 5.46. The molecule has 0 fully saturated rings. The van der Waals surface area contributed by atoms with Crippen LogP contribution in [0.3, 0.4) is 0 Å². The predicted octanol–water partition coefficient (Wildman–Crippen LogP) is 4.01. The second kappa shape index (κ2) is 6.91. The summed E-state index contributed by atoms with van der Waals surface area (Å²) in [6.45, 7) is 4.00. The first-order valence-corrected chi connectivity index (χ1v) is 7.57. The van der Waals surface area contributed by atoms with E-state index < -0.39 is 0 Å². The number of benzene rings is 2. The Morgan fingerprint density at radius 3 is 2.62 bits per heavy atom. The zero-order valence-corrected chi connectivity index (χ0v) is 13.5. The van der Waals surface area contributed by atoms with Crippen LogP contribution in [-0.4, -0.2) is 16.1 Å². The first-order valence-electron chi connectivity index (χ1n) is 7.57. The summed E-state index contributed by atoms with van der Waals surface area (Å²) in [5, 5.41) is 10.4. The van der Waals surface area contributed by atoms with Gasteiger partial charge in [-0.05, 0) is 37.1 Å². The topological polar surface area (TPSA) is 68.0 Å².